The molecule has 10 nitrogen and oxygen atoms in total. The molecule has 3 amide bonds. The lowest BCUT2D eigenvalue weighted by Crippen LogP contribution is -2.32. The third-order valence-electron chi connectivity index (χ3n) is 6.22. The molecule has 0 aliphatic carbocycles. The molecule has 0 radical (unpaired) electrons. The van der Waals surface area contributed by atoms with Crippen LogP contribution in [0.5, 0.6) is 5.75 Å². The van der Waals surface area contributed by atoms with E-state index in [2.05, 4.69) is 25.2 Å². The number of urea groups is 1. The Kier molecular flexibility index (Phi) is 8.66. The number of amides is 3. The molecule has 1 aromatic heterocycles. The summed E-state index contributed by atoms with van der Waals surface area (Å²) in [6, 6.07) is 10.0. The number of rotatable bonds is 6. The number of amidine groups is 1. The lowest BCUT2D eigenvalue weighted by molar-refractivity contribution is -0.274. The van der Waals surface area contributed by atoms with Crippen LogP contribution >= 0.6 is 11.8 Å². The molecule has 2 heterocycles. The van der Waals surface area contributed by atoms with E-state index in [4.69, 9.17) is 4.42 Å². The monoisotopic (exact) mass is 668 g/mol. The van der Waals surface area contributed by atoms with Gasteiger partial charge in [-0.05, 0) is 60.7 Å². The summed E-state index contributed by atoms with van der Waals surface area (Å²) in [5.41, 5.74) is -1.28. The first-order valence-corrected chi connectivity index (χ1v) is 13.8. The van der Waals surface area contributed by atoms with Gasteiger partial charge in [-0.2, -0.15) is 18.2 Å². The molecule has 0 atom stereocenters. The Bertz CT molecular complexity index is 1820. The zero-order chi connectivity index (χ0) is 33.4. The van der Waals surface area contributed by atoms with Crippen molar-refractivity contribution in [3.05, 3.63) is 72.0 Å². The van der Waals surface area contributed by atoms with E-state index >= 15 is 0 Å². The topological polar surface area (TPSA) is 113 Å². The fourth-order valence-corrected chi connectivity index (χ4v) is 5.00. The summed E-state index contributed by atoms with van der Waals surface area (Å²) in [4.78, 5) is 31.3. The molecule has 4 aromatic rings. The average molecular weight is 669 g/mol. The summed E-state index contributed by atoms with van der Waals surface area (Å²) < 4.78 is 103. The van der Waals surface area contributed by atoms with Crippen molar-refractivity contribution in [2.75, 3.05) is 35.0 Å². The molecular formula is C28H19F7N6O4S. The molecule has 0 spiro atoms. The van der Waals surface area contributed by atoms with Crippen LogP contribution in [0.15, 0.2) is 70.1 Å². The average Bonchev–Trinajstić information content (AvgIpc) is 3.60. The van der Waals surface area contributed by atoms with Gasteiger partial charge in [0.15, 0.2) is 5.17 Å². The van der Waals surface area contributed by atoms with Crippen LogP contribution in [0.1, 0.15) is 5.56 Å². The number of thioether (sulfide) groups is 1. The number of hydrogen-bond acceptors (Lipinski definition) is 8. The van der Waals surface area contributed by atoms with Crippen LogP contribution in [-0.2, 0) is 11.0 Å². The quantitative estimate of drug-likeness (QED) is 0.215. The molecule has 1 N–H and O–H groups in total. The van der Waals surface area contributed by atoms with Gasteiger partial charge in [0.05, 0.1) is 22.7 Å². The molecule has 46 heavy (non-hydrogen) atoms. The molecule has 1 aliphatic rings. The van der Waals surface area contributed by atoms with Crippen molar-refractivity contribution in [1.29, 1.82) is 0 Å². The van der Waals surface area contributed by atoms with Crippen LogP contribution in [0.2, 0.25) is 0 Å². The van der Waals surface area contributed by atoms with E-state index in [1.54, 1.807) is 14.1 Å². The fourth-order valence-electron chi connectivity index (χ4n) is 4.14. The number of carbonyl (C=O) groups excluding carboxylic acids is 2. The van der Waals surface area contributed by atoms with Gasteiger partial charge in [0.25, 0.3) is 0 Å². The zero-order valence-electron chi connectivity index (χ0n) is 23.4. The van der Waals surface area contributed by atoms with E-state index in [1.807, 2.05) is 0 Å². The summed E-state index contributed by atoms with van der Waals surface area (Å²) in [7, 11) is 3.21. The van der Waals surface area contributed by atoms with E-state index in [9.17, 15) is 40.3 Å². The van der Waals surface area contributed by atoms with E-state index < -0.39 is 47.3 Å². The first-order valence-electron chi connectivity index (χ1n) is 12.8. The number of aromatic nitrogens is 2. The van der Waals surface area contributed by atoms with Crippen LogP contribution in [0.3, 0.4) is 0 Å². The molecule has 1 fully saturated rings. The maximum Gasteiger partial charge on any atom is 0.573 e. The second kappa shape index (κ2) is 12.3. The molecular weight excluding hydrogens is 649 g/mol. The maximum absolute atomic E-state index is 15.0. The molecule has 0 saturated carbocycles. The number of hydrogen-bond donors (Lipinski definition) is 1. The van der Waals surface area contributed by atoms with E-state index in [0.29, 0.717) is 10.6 Å². The first kappa shape index (κ1) is 32.3. The van der Waals surface area contributed by atoms with Gasteiger partial charge in [0.2, 0.25) is 17.7 Å². The van der Waals surface area contributed by atoms with Crippen molar-refractivity contribution >= 4 is 45.9 Å². The minimum atomic E-state index is -4.87. The van der Waals surface area contributed by atoms with E-state index in [-0.39, 0.29) is 39.5 Å². The molecule has 1 saturated heterocycles. The highest BCUT2D eigenvalue weighted by molar-refractivity contribution is 8.15. The number of aliphatic imine (C=N–C) groups is 1. The fraction of sp³-hybridized carbons (Fsp3) is 0.179. The predicted molar refractivity (Wildman–Crippen MR) is 154 cm³/mol. The van der Waals surface area contributed by atoms with Gasteiger partial charge in [0.1, 0.15) is 11.6 Å². The lowest BCUT2D eigenvalue weighted by Gasteiger charge is -2.23. The van der Waals surface area contributed by atoms with E-state index in [1.165, 1.54) is 29.2 Å². The van der Waals surface area contributed by atoms with E-state index in [0.717, 1.165) is 48.2 Å². The summed E-state index contributed by atoms with van der Waals surface area (Å²) in [5.74, 6) is -2.69. The van der Waals surface area contributed by atoms with Gasteiger partial charge in [-0.15, -0.1) is 23.4 Å². The largest absolute Gasteiger partial charge is 0.573 e. The number of nitrogens with zero attached hydrogens (tertiary/aromatic N) is 5. The third-order valence-corrected chi connectivity index (χ3v) is 7.15. The van der Waals surface area contributed by atoms with Crippen LogP contribution in [0.25, 0.3) is 22.9 Å². The molecule has 5 rings (SSSR count). The van der Waals surface area contributed by atoms with Crippen molar-refractivity contribution in [1.82, 2.24) is 10.2 Å². The van der Waals surface area contributed by atoms with Crippen molar-refractivity contribution in [2.45, 2.75) is 12.5 Å². The smallest absolute Gasteiger partial charge is 0.416 e. The van der Waals surface area contributed by atoms with Crippen LogP contribution in [0, 0.1) is 5.82 Å². The highest BCUT2D eigenvalue weighted by atomic mass is 32.2. The number of alkyl halides is 6. The Hall–Kier alpha value is -5.13. The van der Waals surface area contributed by atoms with Crippen LogP contribution in [-0.4, -0.2) is 53.5 Å². The van der Waals surface area contributed by atoms with Crippen molar-refractivity contribution in [2.24, 2.45) is 4.99 Å². The highest BCUT2D eigenvalue weighted by Gasteiger charge is 2.40. The Morgan fingerprint density at radius 1 is 0.978 bits per heavy atom. The Morgan fingerprint density at radius 2 is 1.63 bits per heavy atom. The predicted octanol–water partition coefficient (Wildman–Crippen LogP) is 7.19. The van der Waals surface area contributed by atoms with Crippen molar-refractivity contribution < 1.29 is 49.5 Å². The Balaban J connectivity index is 1.33. The third kappa shape index (κ3) is 7.22. The minimum absolute atomic E-state index is 0.0832. The summed E-state index contributed by atoms with van der Waals surface area (Å²) in [6.45, 7) is 0. The number of anilines is 3. The van der Waals surface area contributed by atoms with Gasteiger partial charge >= 0.3 is 18.6 Å². The normalized spacial score (nSPS) is 14.6. The number of ether oxygens (including phenoxy) is 1. The molecule has 3 aromatic carbocycles. The molecule has 0 bridgehead atoms. The van der Waals surface area contributed by atoms with Crippen molar-refractivity contribution in [3.63, 3.8) is 0 Å². The standard InChI is InChI=1S/C28H19F7N6O4S/c1-40(2)16-6-9-18(27(30,31)32)21(12-16)41-22(42)13-46-26(41)37-25(43)36-20-10-5-15(11-19(20)29)24-39-38-23(44-24)14-3-7-17(8-4-14)45-28(33,34)35/h3-12H,13H2,1-2H3,(H,36,43). The van der Waals surface area contributed by atoms with Crippen LogP contribution in [0.4, 0.5) is 52.6 Å². The van der Waals surface area contributed by atoms with Gasteiger partial charge < -0.3 is 19.4 Å². The zero-order valence-corrected chi connectivity index (χ0v) is 24.2. The van der Waals surface area contributed by atoms with Gasteiger partial charge in [-0.25, -0.2) is 9.18 Å². The highest BCUT2D eigenvalue weighted by Crippen LogP contribution is 2.41. The van der Waals surface area contributed by atoms with Gasteiger partial charge in [-0.3, -0.25) is 9.69 Å². The maximum atomic E-state index is 15.0. The minimum Gasteiger partial charge on any atom is -0.416 e. The summed E-state index contributed by atoms with van der Waals surface area (Å²) in [5, 5.41) is 9.46. The first-order chi connectivity index (χ1) is 21.6. The summed E-state index contributed by atoms with van der Waals surface area (Å²) >= 11 is 0.740. The summed E-state index contributed by atoms with van der Waals surface area (Å²) in [6.07, 6.45) is -9.68. The number of benzene rings is 3. The molecule has 240 valence electrons. The Labute approximate surface area is 258 Å². The SMILES string of the molecule is CN(C)c1ccc(C(F)(F)F)c(N2C(=O)CSC2=NC(=O)Nc2ccc(-c3nnc(-c4ccc(OC(F)(F)F)cc4)o3)cc2F)c1. The second-order valence-electron chi connectivity index (χ2n) is 9.62. The lowest BCUT2D eigenvalue weighted by atomic mass is 10.1. The molecule has 0 unspecified atom stereocenters. The number of carbonyl (C=O) groups is 2. The number of halogens is 7. The van der Waals surface area contributed by atoms with Crippen molar-refractivity contribution in [3.8, 4) is 28.7 Å². The van der Waals surface area contributed by atoms with Crippen LogP contribution < -0.4 is 19.9 Å². The van der Waals surface area contributed by atoms with Gasteiger partial charge in [0, 0.05) is 30.9 Å². The Morgan fingerprint density at radius 3 is 2.24 bits per heavy atom. The molecule has 1 aliphatic heterocycles. The second-order valence-corrected chi connectivity index (χ2v) is 10.6. The molecule has 18 heteroatoms. The number of nitrogens with one attached hydrogen (secondary N) is 1. The van der Waals surface area contributed by atoms with Gasteiger partial charge in [-0.1, -0.05) is 11.8 Å².